The smallest absolute Gasteiger partial charge is 0.271 e. The number of hydrogen-bond donors (Lipinski definition) is 1. The maximum absolute atomic E-state index is 11.9. The predicted molar refractivity (Wildman–Crippen MR) is 70.5 cm³/mol. The van der Waals surface area contributed by atoms with Crippen molar-refractivity contribution in [1.29, 1.82) is 0 Å². The van der Waals surface area contributed by atoms with Crippen LogP contribution in [0.4, 0.5) is 11.4 Å². The van der Waals surface area contributed by atoms with E-state index in [4.69, 9.17) is 0 Å². The van der Waals surface area contributed by atoms with E-state index < -0.39 is 4.92 Å². The fourth-order valence-corrected chi connectivity index (χ4v) is 1.75. The quantitative estimate of drug-likeness (QED) is 0.643. The van der Waals surface area contributed by atoms with E-state index in [-0.39, 0.29) is 17.5 Å². The second kappa shape index (κ2) is 6.14. The molecule has 0 heterocycles. The van der Waals surface area contributed by atoms with E-state index in [0.717, 1.165) is 18.4 Å². The van der Waals surface area contributed by atoms with Crippen LogP contribution < -0.4 is 5.32 Å². The van der Waals surface area contributed by atoms with Gasteiger partial charge in [-0.1, -0.05) is 19.9 Å². The summed E-state index contributed by atoms with van der Waals surface area (Å²) >= 11 is 0. The van der Waals surface area contributed by atoms with Crippen LogP contribution in [0.3, 0.4) is 0 Å². The molecule has 0 saturated heterocycles. The first kappa shape index (κ1) is 14.2. The summed E-state index contributed by atoms with van der Waals surface area (Å²) in [6.45, 7) is 5.72. The Hall–Kier alpha value is -1.91. The topological polar surface area (TPSA) is 72.2 Å². The number of nitrogens with one attached hydrogen (secondary N) is 1. The van der Waals surface area contributed by atoms with Gasteiger partial charge in [-0.05, 0) is 25.3 Å². The van der Waals surface area contributed by atoms with E-state index in [0.29, 0.717) is 5.69 Å². The van der Waals surface area contributed by atoms with Gasteiger partial charge in [0.2, 0.25) is 5.91 Å². The molecule has 18 heavy (non-hydrogen) atoms. The van der Waals surface area contributed by atoms with Crippen LogP contribution in [0.5, 0.6) is 0 Å². The lowest BCUT2D eigenvalue weighted by molar-refractivity contribution is -0.384. The fourth-order valence-electron chi connectivity index (χ4n) is 1.75. The summed E-state index contributed by atoms with van der Waals surface area (Å²) < 4.78 is 0. The van der Waals surface area contributed by atoms with Crippen LogP contribution >= 0.6 is 0 Å². The molecule has 5 heteroatoms. The number of carbonyl (C=O) groups excluding carboxylic acids is 1. The Bertz CT molecular complexity index is 454. The molecule has 0 aliphatic heterocycles. The zero-order valence-electron chi connectivity index (χ0n) is 10.9. The number of amides is 1. The van der Waals surface area contributed by atoms with E-state index in [9.17, 15) is 14.9 Å². The molecule has 0 spiro atoms. The van der Waals surface area contributed by atoms with Crippen molar-refractivity contribution in [2.45, 2.75) is 33.6 Å². The van der Waals surface area contributed by atoms with Crippen molar-refractivity contribution >= 4 is 17.3 Å². The van der Waals surface area contributed by atoms with Gasteiger partial charge in [0.15, 0.2) is 0 Å². The third kappa shape index (κ3) is 3.29. The molecule has 1 aromatic carbocycles. The lowest BCUT2D eigenvalue weighted by atomic mass is 10.0. The summed E-state index contributed by atoms with van der Waals surface area (Å²) in [7, 11) is 0. The maximum atomic E-state index is 11.9. The third-order valence-electron chi connectivity index (χ3n) is 3.05. The number of nitro benzene ring substituents is 1. The first-order chi connectivity index (χ1) is 8.49. The third-order valence-corrected chi connectivity index (χ3v) is 3.05. The van der Waals surface area contributed by atoms with Gasteiger partial charge >= 0.3 is 0 Å². The van der Waals surface area contributed by atoms with E-state index in [1.165, 1.54) is 12.1 Å². The summed E-state index contributed by atoms with van der Waals surface area (Å²) in [5.41, 5.74) is 1.32. The standard InChI is InChI=1S/C13H18N2O3/c1-4-10(5-2)13(16)14-12-8-11(15(17)18)7-6-9(12)3/h6-8,10H,4-5H2,1-3H3,(H,14,16). The number of aryl methyl sites for hydroxylation is 1. The number of hydrogen-bond acceptors (Lipinski definition) is 3. The van der Waals surface area contributed by atoms with E-state index >= 15 is 0 Å². The molecular weight excluding hydrogens is 232 g/mol. The molecule has 1 N–H and O–H groups in total. The average Bonchev–Trinajstić information content (AvgIpc) is 2.33. The zero-order valence-corrected chi connectivity index (χ0v) is 10.9. The lowest BCUT2D eigenvalue weighted by Crippen LogP contribution is -2.22. The number of rotatable bonds is 5. The monoisotopic (exact) mass is 250 g/mol. The Balaban J connectivity index is 2.93. The van der Waals surface area contributed by atoms with Crippen molar-refractivity contribution in [3.05, 3.63) is 33.9 Å². The van der Waals surface area contributed by atoms with Gasteiger partial charge in [0, 0.05) is 18.1 Å². The molecule has 1 aromatic rings. The summed E-state index contributed by atoms with van der Waals surface area (Å²) in [6.07, 6.45) is 1.52. The van der Waals surface area contributed by atoms with Crippen molar-refractivity contribution in [3.63, 3.8) is 0 Å². The van der Waals surface area contributed by atoms with E-state index in [1.54, 1.807) is 6.07 Å². The summed E-state index contributed by atoms with van der Waals surface area (Å²) in [5.74, 6) is -0.132. The molecule has 0 aliphatic carbocycles. The molecule has 0 atom stereocenters. The minimum absolute atomic E-state index is 0.0135. The maximum Gasteiger partial charge on any atom is 0.271 e. The predicted octanol–water partition coefficient (Wildman–Crippen LogP) is 3.28. The van der Waals surface area contributed by atoms with Gasteiger partial charge in [0.05, 0.1) is 10.6 Å². The van der Waals surface area contributed by atoms with E-state index in [1.807, 2.05) is 20.8 Å². The van der Waals surface area contributed by atoms with E-state index in [2.05, 4.69) is 5.32 Å². The second-order valence-electron chi connectivity index (χ2n) is 4.26. The van der Waals surface area contributed by atoms with Gasteiger partial charge in [-0.25, -0.2) is 0 Å². The van der Waals surface area contributed by atoms with Gasteiger partial charge in [-0.15, -0.1) is 0 Å². The Kier molecular flexibility index (Phi) is 4.83. The minimum atomic E-state index is -0.466. The lowest BCUT2D eigenvalue weighted by Gasteiger charge is -2.14. The molecule has 0 radical (unpaired) electrons. The molecule has 98 valence electrons. The van der Waals surface area contributed by atoms with Crippen LogP contribution in [-0.2, 0) is 4.79 Å². The molecule has 0 aromatic heterocycles. The van der Waals surface area contributed by atoms with Gasteiger partial charge < -0.3 is 5.32 Å². The van der Waals surface area contributed by atoms with Crippen LogP contribution in [0.1, 0.15) is 32.3 Å². The SMILES string of the molecule is CCC(CC)C(=O)Nc1cc([N+](=O)[O-])ccc1C. The zero-order chi connectivity index (χ0) is 13.7. The van der Waals surface area contributed by atoms with Crippen molar-refractivity contribution < 1.29 is 9.72 Å². The molecular formula is C13H18N2O3. The van der Waals surface area contributed by atoms with Crippen LogP contribution in [0.15, 0.2) is 18.2 Å². The summed E-state index contributed by atoms with van der Waals surface area (Å²) in [4.78, 5) is 22.2. The highest BCUT2D eigenvalue weighted by Gasteiger charge is 2.16. The first-order valence-electron chi connectivity index (χ1n) is 6.05. The van der Waals surface area contributed by atoms with Gasteiger partial charge in [0.1, 0.15) is 0 Å². The number of nitrogens with zero attached hydrogens (tertiary/aromatic N) is 1. The van der Waals surface area contributed by atoms with Gasteiger partial charge in [-0.2, -0.15) is 0 Å². The normalized spacial score (nSPS) is 10.4. The molecule has 5 nitrogen and oxygen atoms in total. The number of nitro groups is 1. The fraction of sp³-hybridized carbons (Fsp3) is 0.462. The largest absolute Gasteiger partial charge is 0.325 e. The molecule has 1 rings (SSSR count). The Morgan fingerprint density at radius 3 is 2.50 bits per heavy atom. The van der Waals surface area contributed by atoms with Crippen LogP contribution in [-0.4, -0.2) is 10.8 Å². The molecule has 0 unspecified atom stereocenters. The summed E-state index contributed by atoms with van der Waals surface area (Å²) in [6, 6.07) is 4.47. The first-order valence-corrected chi connectivity index (χ1v) is 6.05. The molecule has 0 aliphatic rings. The number of anilines is 1. The second-order valence-corrected chi connectivity index (χ2v) is 4.26. The van der Waals surface area contributed by atoms with Crippen LogP contribution in [0.25, 0.3) is 0 Å². The number of non-ortho nitro benzene ring substituents is 1. The highest BCUT2D eigenvalue weighted by molar-refractivity contribution is 5.93. The molecule has 1 amide bonds. The van der Waals surface area contributed by atoms with Crippen LogP contribution in [0, 0.1) is 23.0 Å². The summed E-state index contributed by atoms with van der Waals surface area (Å²) in [5, 5.41) is 13.5. The molecule has 0 bridgehead atoms. The Morgan fingerprint density at radius 2 is 2.00 bits per heavy atom. The van der Waals surface area contributed by atoms with Gasteiger partial charge in [-0.3, -0.25) is 14.9 Å². The van der Waals surface area contributed by atoms with Crippen molar-refractivity contribution in [2.24, 2.45) is 5.92 Å². The van der Waals surface area contributed by atoms with Crippen molar-refractivity contribution in [1.82, 2.24) is 0 Å². The van der Waals surface area contributed by atoms with Crippen molar-refractivity contribution in [3.8, 4) is 0 Å². The van der Waals surface area contributed by atoms with Gasteiger partial charge in [0.25, 0.3) is 5.69 Å². The number of carbonyl (C=O) groups is 1. The Labute approximate surface area is 106 Å². The highest BCUT2D eigenvalue weighted by Crippen LogP contribution is 2.23. The molecule has 0 fully saturated rings. The molecule has 0 saturated carbocycles. The minimum Gasteiger partial charge on any atom is -0.325 e. The van der Waals surface area contributed by atoms with Crippen LogP contribution in [0.2, 0.25) is 0 Å². The Morgan fingerprint density at radius 1 is 1.39 bits per heavy atom. The average molecular weight is 250 g/mol. The highest BCUT2D eigenvalue weighted by atomic mass is 16.6. The number of benzene rings is 1. The van der Waals surface area contributed by atoms with Crippen molar-refractivity contribution in [2.75, 3.05) is 5.32 Å².